The van der Waals surface area contributed by atoms with E-state index in [0.717, 1.165) is 64.0 Å². The molecule has 0 atom stereocenters. The minimum atomic E-state index is 0.238. The summed E-state index contributed by atoms with van der Waals surface area (Å²) >= 11 is 0. The van der Waals surface area contributed by atoms with Crippen LogP contribution in [0.2, 0.25) is 0 Å². The van der Waals surface area contributed by atoms with Crippen LogP contribution in [0.5, 0.6) is 0 Å². The van der Waals surface area contributed by atoms with Gasteiger partial charge in [-0.25, -0.2) is 9.97 Å². The first-order valence-electron chi connectivity index (χ1n) is 9.62. The molecule has 4 rings (SSSR count). The molecule has 4 heterocycles. The third-order valence-electron chi connectivity index (χ3n) is 5.31. The van der Waals surface area contributed by atoms with Crippen LogP contribution < -0.4 is 9.80 Å². The SMILES string of the molecule is O=C(CN1CCN(c2ccccn2)CC1)N1CCN(c2ccccn2)CC1. The van der Waals surface area contributed by atoms with Crippen molar-refractivity contribution < 1.29 is 4.79 Å². The molecule has 27 heavy (non-hydrogen) atoms. The van der Waals surface area contributed by atoms with Crippen LogP contribution in [0.15, 0.2) is 48.8 Å². The summed E-state index contributed by atoms with van der Waals surface area (Å²) < 4.78 is 0. The number of aromatic nitrogens is 2. The smallest absolute Gasteiger partial charge is 0.236 e. The van der Waals surface area contributed by atoms with E-state index >= 15 is 0 Å². The summed E-state index contributed by atoms with van der Waals surface area (Å²) in [5.41, 5.74) is 0. The summed E-state index contributed by atoms with van der Waals surface area (Å²) in [6.45, 7) is 7.36. The van der Waals surface area contributed by atoms with Gasteiger partial charge in [0, 0.05) is 64.8 Å². The van der Waals surface area contributed by atoms with Crippen LogP contribution in [0.4, 0.5) is 11.6 Å². The van der Waals surface area contributed by atoms with Crippen LogP contribution in [0.25, 0.3) is 0 Å². The minimum absolute atomic E-state index is 0.238. The molecule has 0 N–H and O–H groups in total. The number of amides is 1. The number of carbonyl (C=O) groups excluding carboxylic acids is 1. The van der Waals surface area contributed by atoms with Gasteiger partial charge in [-0.2, -0.15) is 0 Å². The highest BCUT2D eigenvalue weighted by Crippen LogP contribution is 2.14. The van der Waals surface area contributed by atoms with Gasteiger partial charge in [-0.05, 0) is 24.3 Å². The van der Waals surface area contributed by atoms with E-state index in [0.29, 0.717) is 6.54 Å². The fraction of sp³-hybridized carbons (Fsp3) is 0.450. The molecule has 0 aliphatic carbocycles. The normalized spacial score (nSPS) is 18.6. The predicted octanol–water partition coefficient (Wildman–Crippen LogP) is 0.947. The summed E-state index contributed by atoms with van der Waals surface area (Å²) in [5.74, 6) is 2.26. The third kappa shape index (κ3) is 4.36. The van der Waals surface area contributed by atoms with Crippen LogP contribution in [0.1, 0.15) is 0 Å². The van der Waals surface area contributed by atoms with E-state index in [1.54, 1.807) is 0 Å². The Labute approximate surface area is 160 Å². The molecule has 0 unspecified atom stereocenters. The lowest BCUT2D eigenvalue weighted by molar-refractivity contribution is -0.132. The molecule has 142 valence electrons. The number of hydrogen-bond acceptors (Lipinski definition) is 6. The largest absolute Gasteiger partial charge is 0.354 e. The highest BCUT2D eigenvalue weighted by Gasteiger charge is 2.25. The molecular formula is C20H26N6O. The fourth-order valence-electron chi connectivity index (χ4n) is 3.69. The number of nitrogens with zero attached hydrogens (tertiary/aromatic N) is 6. The summed E-state index contributed by atoms with van der Waals surface area (Å²) in [5, 5.41) is 0. The maximum atomic E-state index is 12.7. The van der Waals surface area contributed by atoms with Crippen molar-refractivity contribution in [3.05, 3.63) is 48.8 Å². The monoisotopic (exact) mass is 366 g/mol. The molecule has 0 bridgehead atoms. The number of anilines is 2. The zero-order chi connectivity index (χ0) is 18.5. The van der Waals surface area contributed by atoms with Crippen LogP contribution in [-0.2, 0) is 4.79 Å². The van der Waals surface area contributed by atoms with Crippen molar-refractivity contribution in [2.45, 2.75) is 0 Å². The van der Waals surface area contributed by atoms with Crippen molar-refractivity contribution >= 4 is 17.5 Å². The first-order chi connectivity index (χ1) is 13.3. The third-order valence-corrected chi connectivity index (χ3v) is 5.31. The number of rotatable bonds is 4. The lowest BCUT2D eigenvalue weighted by Gasteiger charge is -2.38. The van der Waals surface area contributed by atoms with Crippen molar-refractivity contribution in [1.82, 2.24) is 19.8 Å². The van der Waals surface area contributed by atoms with E-state index in [1.165, 1.54) is 0 Å². The highest BCUT2D eigenvalue weighted by atomic mass is 16.2. The summed E-state index contributed by atoms with van der Waals surface area (Å²) in [4.78, 5) is 30.3. The molecule has 7 nitrogen and oxygen atoms in total. The van der Waals surface area contributed by atoms with Gasteiger partial charge in [0.25, 0.3) is 0 Å². The van der Waals surface area contributed by atoms with E-state index in [-0.39, 0.29) is 5.91 Å². The predicted molar refractivity (Wildman–Crippen MR) is 106 cm³/mol. The topological polar surface area (TPSA) is 55.8 Å². The zero-order valence-electron chi connectivity index (χ0n) is 15.6. The Balaban J connectivity index is 1.22. The second-order valence-electron chi connectivity index (χ2n) is 7.01. The van der Waals surface area contributed by atoms with Crippen molar-refractivity contribution in [2.24, 2.45) is 0 Å². The first kappa shape index (κ1) is 17.7. The van der Waals surface area contributed by atoms with Gasteiger partial charge < -0.3 is 14.7 Å². The van der Waals surface area contributed by atoms with Gasteiger partial charge in [-0.3, -0.25) is 9.69 Å². The first-order valence-corrected chi connectivity index (χ1v) is 9.62. The van der Waals surface area contributed by atoms with E-state index < -0.39 is 0 Å². The average molecular weight is 366 g/mol. The standard InChI is InChI=1S/C20H26N6O/c27-20(26-15-13-25(14-16-26)19-6-2-4-8-22-19)17-23-9-11-24(12-10-23)18-5-1-3-7-21-18/h1-8H,9-17H2. The van der Waals surface area contributed by atoms with E-state index in [2.05, 4.69) is 24.7 Å². The molecule has 0 aromatic carbocycles. The van der Waals surface area contributed by atoms with Crippen LogP contribution in [0, 0.1) is 0 Å². The quantitative estimate of drug-likeness (QED) is 0.803. The van der Waals surface area contributed by atoms with Crippen LogP contribution >= 0.6 is 0 Å². The fourth-order valence-corrected chi connectivity index (χ4v) is 3.69. The van der Waals surface area contributed by atoms with Crippen LogP contribution in [0.3, 0.4) is 0 Å². The van der Waals surface area contributed by atoms with Gasteiger partial charge in [0.1, 0.15) is 11.6 Å². The maximum Gasteiger partial charge on any atom is 0.236 e. The number of hydrogen-bond donors (Lipinski definition) is 0. The van der Waals surface area contributed by atoms with Crippen molar-refractivity contribution in [3.63, 3.8) is 0 Å². The second kappa shape index (κ2) is 8.35. The molecule has 7 heteroatoms. The van der Waals surface area contributed by atoms with E-state index in [1.807, 2.05) is 53.7 Å². The second-order valence-corrected chi connectivity index (χ2v) is 7.01. The van der Waals surface area contributed by atoms with E-state index in [4.69, 9.17) is 0 Å². The van der Waals surface area contributed by atoms with Gasteiger partial charge in [-0.1, -0.05) is 12.1 Å². The lowest BCUT2D eigenvalue weighted by atomic mass is 10.2. The molecule has 2 aromatic rings. The summed E-state index contributed by atoms with van der Waals surface area (Å²) in [6, 6.07) is 12.0. The number of piperazine rings is 2. The van der Waals surface area contributed by atoms with Crippen LogP contribution in [-0.4, -0.2) is 84.6 Å². The molecule has 0 saturated carbocycles. The summed E-state index contributed by atoms with van der Waals surface area (Å²) in [6.07, 6.45) is 3.65. The molecule has 2 aliphatic rings. The molecule has 2 aliphatic heterocycles. The van der Waals surface area contributed by atoms with Crippen molar-refractivity contribution in [3.8, 4) is 0 Å². The Bertz CT molecular complexity index is 725. The highest BCUT2D eigenvalue weighted by molar-refractivity contribution is 5.78. The van der Waals surface area contributed by atoms with Crippen molar-refractivity contribution in [2.75, 3.05) is 68.7 Å². The molecule has 2 saturated heterocycles. The Kier molecular flexibility index (Phi) is 5.48. The van der Waals surface area contributed by atoms with Gasteiger partial charge in [-0.15, -0.1) is 0 Å². The molecular weight excluding hydrogens is 340 g/mol. The molecule has 1 amide bonds. The van der Waals surface area contributed by atoms with E-state index in [9.17, 15) is 4.79 Å². The van der Waals surface area contributed by atoms with Gasteiger partial charge >= 0.3 is 0 Å². The van der Waals surface area contributed by atoms with Gasteiger partial charge in [0.2, 0.25) is 5.91 Å². The Morgan fingerprint density at radius 1 is 0.741 bits per heavy atom. The Morgan fingerprint density at radius 2 is 1.26 bits per heavy atom. The minimum Gasteiger partial charge on any atom is -0.354 e. The number of carbonyl (C=O) groups is 1. The molecule has 0 spiro atoms. The molecule has 0 radical (unpaired) electrons. The zero-order valence-corrected chi connectivity index (χ0v) is 15.6. The molecule has 2 aromatic heterocycles. The Morgan fingerprint density at radius 3 is 1.74 bits per heavy atom. The molecule has 2 fully saturated rings. The average Bonchev–Trinajstić information content (AvgIpc) is 2.76. The number of pyridine rings is 2. The van der Waals surface area contributed by atoms with Gasteiger partial charge in [0.05, 0.1) is 6.54 Å². The lowest BCUT2D eigenvalue weighted by Crippen LogP contribution is -2.54. The van der Waals surface area contributed by atoms with Crippen molar-refractivity contribution in [1.29, 1.82) is 0 Å². The maximum absolute atomic E-state index is 12.7. The van der Waals surface area contributed by atoms with Gasteiger partial charge in [0.15, 0.2) is 0 Å². The summed E-state index contributed by atoms with van der Waals surface area (Å²) in [7, 11) is 0. The Hall–Kier alpha value is -2.67.